The number of nitrogens with zero attached hydrogens (tertiary/aromatic N) is 3. The van der Waals surface area contributed by atoms with E-state index in [2.05, 4.69) is 29.2 Å². The summed E-state index contributed by atoms with van der Waals surface area (Å²) in [4.78, 5) is 2.19. The molecule has 13 heavy (non-hydrogen) atoms. The number of rotatable bonds is 5. The molecule has 1 heterocycles. The third-order valence-electron chi connectivity index (χ3n) is 1.87. The highest BCUT2D eigenvalue weighted by atomic mass is 32.1. The molecule has 0 aliphatic heterocycles. The van der Waals surface area contributed by atoms with Gasteiger partial charge in [0.05, 0.1) is 0 Å². The summed E-state index contributed by atoms with van der Waals surface area (Å²) < 4.78 is 2.68. The van der Waals surface area contributed by atoms with Crippen LogP contribution in [-0.2, 0) is 6.54 Å². The molecule has 0 amide bonds. The molecular formula is C8H16N4S. The Hall–Kier alpha value is -0.680. The number of aromatic nitrogens is 3. The van der Waals surface area contributed by atoms with Crippen LogP contribution in [0, 0.1) is 4.77 Å². The third kappa shape index (κ3) is 3.69. The van der Waals surface area contributed by atoms with Crippen molar-refractivity contribution in [2.45, 2.75) is 19.4 Å². The minimum absolute atomic E-state index is 0.713. The molecule has 1 rings (SSSR count). The summed E-state index contributed by atoms with van der Waals surface area (Å²) in [7, 11) is 4.17. The van der Waals surface area contributed by atoms with Crippen LogP contribution in [0.2, 0.25) is 0 Å². The van der Waals surface area contributed by atoms with E-state index in [1.165, 1.54) is 6.42 Å². The zero-order chi connectivity index (χ0) is 9.68. The average Bonchev–Trinajstić information content (AvgIpc) is 2.45. The Balaban J connectivity index is 2.21. The summed E-state index contributed by atoms with van der Waals surface area (Å²) in [5, 5.41) is 6.59. The van der Waals surface area contributed by atoms with Crippen LogP contribution in [0.5, 0.6) is 0 Å². The Bertz CT molecular complexity index is 288. The van der Waals surface area contributed by atoms with E-state index in [1.54, 1.807) is 6.33 Å². The van der Waals surface area contributed by atoms with Crippen molar-refractivity contribution in [3.05, 3.63) is 11.1 Å². The van der Waals surface area contributed by atoms with Gasteiger partial charge in [-0.05, 0) is 45.7 Å². The van der Waals surface area contributed by atoms with Crippen molar-refractivity contribution in [3.63, 3.8) is 0 Å². The van der Waals surface area contributed by atoms with E-state index in [4.69, 9.17) is 12.2 Å². The molecule has 1 aromatic heterocycles. The number of hydrogen-bond donors (Lipinski definition) is 1. The topological polar surface area (TPSA) is 36.9 Å². The first-order valence-corrected chi connectivity index (χ1v) is 4.85. The second-order valence-corrected chi connectivity index (χ2v) is 3.75. The van der Waals surface area contributed by atoms with Gasteiger partial charge in [0.25, 0.3) is 0 Å². The third-order valence-corrected chi connectivity index (χ3v) is 2.20. The number of aryl methyl sites for hydroxylation is 1. The van der Waals surface area contributed by atoms with Gasteiger partial charge in [0.2, 0.25) is 0 Å². The van der Waals surface area contributed by atoms with Crippen LogP contribution in [0.25, 0.3) is 0 Å². The summed E-state index contributed by atoms with van der Waals surface area (Å²) in [6.07, 6.45) is 4.09. The van der Waals surface area contributed by atoms with Gasteiger partial charge in [-0.15, -0.1) is 0 Å². The van der Waals surface area contributed by atoms with Crippen molar-refractivity contribution in [1.82, 2.24) is 19.7 Å². The maximum atomic E-state index is 5.02. The number of unbranched alkanes of at least 4 members (excludes halogenated alkanes) is 1. The maximum absolute atomic E-state index is 5.02. The molecule has 0 unspecified atom stereocenters. The quantitative estimate of drug-likeness (QED) is 0.574. The zero-order valence-corrected chi connectivity index (χ0v) is 8.97. The SMILES string of the molecule is CN(C)CCCCn1cn[nH]c1=S. The summed E-state index contributed by atoms with van der Waals surface area (Å²) in [6, 6.07) is 0. The van der Waals surface area contributed by atoms with Gasteiger partial charge in [0.1, 0.15) is 6.33 Å². The first-order chi connectivity index (χ1) is 6.20. The van der Waals surface area contributed by atoms with Crippen molar-refractivity contribution >= 4 is 12.2 Å². The number of aromatic amines is 1. The molecule has 5 heteroatoms. The van der Waals surface area contributed by atoms with Crippen molar-refractivity contribution in [1.29, 1.82) is 0 Å². The summed E-state index contributed by atoms with van der Waals surface area (Å²) >= 11 is 5.02. The van der Waals surface area contributed by atoms with Crippen LogP contribution >= 0.6 is 12.2 Å². The molecule has 0 spiro atoms. The van der Waals surface area contributed by atoms with E-state index in [9.17, 15) is 0 Å². The van der Waals surface area contributed by atoms with Crippen molar-refractivity contribution in [2.24, 2.45) is 0 Å². The van der Waals surface area contributed by atoms with Gasteiger partial charge in [-0.25, -0.2) is 0 Å². The Morgan fingerprint density at radius 1 is 1.54 bits per heavy atom. The fourth-order valence-corrected chi connectivity index (χ4v) is 1.33. The molecule has 0 radical (unpaired) electrons. The highest BCUT2D eigenvalue weighted by molar-refractivity contribution is 7.71. The average molecular weight is 200 g/mol. The molecule has 4 nitrogen and oxygen atoms in total. The Labute approximate surface area is 83.6 Å². The maximum Gasteiger partial charge on any atom is 0.194 e. The molecule has 0 bridgehead atoms. The summed E-state index contributed by atoms with van der Waals surface area (Å²) in [5.74, 6) is 0. The molecular weight excluding hydrogens is 184 g/mol. The summed E-state index contributed by atoms with van der Waals surface area (Å²) in [5.41, 5.74) is 0. The lowest BCUT2D eigenvalue weighted by atomic mass is 10.3. The molecule has 1 aromatic rings. The molecule has 0 fully saturated rings. The Morgan fingerprint density at radius 3 is 2.85 bits per heavy atom. The normalized spacial score (nSPS) is 11.0. The van der Waals surface area contributed by atoms with E-state index in [1.807, 2.05) is 4.57 Å². The van der Waals surface area contributed by atoms with Gasteiger partial charge in [0.15, 0.2) is 4.77 Å². The standard InChI is InChI=1S/C8H16N4S/c1-11(2)5-3-4-6-12-7-9-10-8(12)13/h7H,3-6H2,1-2H3,(H,10,13). The second-order valence-electron chi connectivity index (χ2n) is 3.37. The highest BCUT2D eigenvalue weighted by Gasteiger charge is 1.94. The van der Waals surface area contributed by atoms with Gasteiger partial charge >= 0.3 is 0 Å². The van der Waals surface area contributed by atoms with Gasteiger partial charge in [-0.2, -0.15) is 5.10 Å². The van der Waals surface area contributed by atoms with E-state index in [-0.39, 0.29) is 0 Å². The minimum Gasteiger partial charge on any atom is -0.309 e. The van der Waals surface area contributed by atoms with Gasteiger partial charge in [0, 0.05) is 6.54 Å². The number of H-pyrrole nitrogens is 1. The monoisotopic (exact) mass is 200 g/mol. The second kappa shape index (κ2) is 5.14. The van der Waals surface area contributed by atoms with Crippen LogP contribution in [0.3, 0.4) is 0 Å². The predicted octanol–water partition coefficient (Wildman–Crippen LogP) is 1.28. The lowest BCUT2D eigenvalue weighted by Gasteiger charge is -2.08. The largest absolute Gasteiger partial charge is 0.309 e. The van der Waals surface area contributed by atoms with Crippen LogP contribution in [-0.4, -0.2) is 40.3 Å². The number of nitrogens with one attached hydrogen (secondary N) is 1. The fourth-order valence-electron chi connectivity index (χ4n) is 1.14. The number of hydrogen-bond acceptors (Lipinski definition) is 3. The van der Waals surface area contributed by atoms with Crippen LogP contribution in [0.15, 0.2) is 6.33 Å². The predicted molar refractivity (Wildman–Crippen MR) is 55.2 cm³/mol. The van der Waals surface area contributed by atoms with Gasteiger partial charge < -0.3 is 9.47 Å². The zero-order valence-electron chi connectivity index (χ0n) is 8.16. The highest BCUT2D eigenvalue weighted by Crippen LogP contribution is 1.96. The van der Waals surface area contributed by atoms with Crippen molar-refractivity contribution in [2.75, 3.05) is 20.6 Å². The lowest BCUT2D eigenvalue weighted by Crippen LogP contribution is -2.13. The van der Waals surface area contributed by atoms with Gasteiger partial charge in [-0.1, -0.05) is 0 Å². The van der Waals surface area contributed by atoms with E-state index < -0.39 is 0 Å². The molecule has 0 saturated carbocycles. The van der Waals surface area contributed by atoms with Crippen LogP contribution in [0.4, 0.5) is 0 Å². The molecule has 0 saturated heterocycles. The molecule has 74 valence electrons. The first kappa shape index (κ1) is 10.4. The van der Waals surface area contributed by atoms with E-state index in [0.29, 0.717) is 4.77 Å². The molecule has 0 atom stereocenters. The lowest BCUT2D eigenvalue weighted by molar-refractivity contribution is 0.387. The van der Waals surface area contributed by atoms with Gasteiger partial charge in [-0.3, -0.25) is 5.10 Å². The van der Waals surface area contributed by atoms with E-state index in [0.717, 1.165) is 19.5 Å². The minimum atomic E-state index is 0.713. The van der Waals surface area contributed by atoms with Crippen molar-refractivity contribution < 1.29 is 0 Å². The molecule has 0 aliphatic carbocycles. The first-order valence-electron chi connectivity index (χ1n) is 4.44. The van der Waals surface area contributed by atoms with Crippen LogP contribution < -0.4 is 0 Å². The smallest absolute Gasteiger partial charge is 0.194 e. The molecule has 1 N–H and O–H groups in total. The fraction of sp³-hybridized carbons (Fsp3) is 0.750. The molecule has 0 aromatic carbocycles. The Kier molecular flexibility index (Phi) is 4.11. The van der Waals surface area contributed by atoms with E-state index >= 15 is 0 Å². The Morgan fingerprint density at radius 2 is 2.31 bits per heavy atom. The molecule has 0 aliphatic rings. The summed E-state index contributed by atoms with van der Waals surface area (Å²) in [6.45, 7) is 2.09. The van der Waals surface area contributed by atoms with Crippen molar-refractivity contribution in [3.8, 4) is 0 Å². The van der Waals surface area contributed by atoms with Crippen LogP contribution in [0.1, 0.15) is 12.8 Å².